The fourth-order valence-electron chi connectivity index (χ4n) is 3.81. The summed E-state index contributed by atoms with van der Waals surface area (Å²) in [6.45, 7) is 3.30. The van der Waals surface area contributed by atoms with Gasteiger partial charge in [-0.25, -0.2) is 4.79 Å². The molecule has 0 aliphatic rings. The van der Waals surface area contributed by atoms with E-state index in [2.05, 4.69) is 5.16 Å². The lowest BCUT2D eigenvalue weighted by Gasteiger charge is -2.11. The van der Waals surface area contributed by atoms with Crippen LogP contribution in [0.25, 0.3) is 27.5 Å². The van der Waals surface area contributed by atoms with Crippen LogP contribution >= 0.6 is 0 Å². The van der Waals surface area contributed by atoms with E-state index in [1.54, 1.807) is 18.2 Å². The second kappa shape index (κ2) is 9.13. The van der Waals surface area contributed by atoms with Crippen molar-refractivity contribution in [2.75, 3.05) is 0 Å². The van der Waals surface area contributed by atoms with Crippen molar-refractivity contribution in [3.05, 3.63) is 77.9 Å². The van der Waals surface area contributed by atoms with Gasteiger partial charge in [-0.3, -0.25) is 4.79 Å². The Morgan fingerprint density at radius 2 is 1.62 bits per heavy atom. The molecule has 0 spiro atoms. The average Bonchev–Trinajstić information content (AvgIpc) is 3.15. The summed E-state index contributed by atoms with van der Waals surface area (Å²) in [5.41, 5.74) is 1.77. The molecule has 34 heavy (non-hydrogen) atoms. The second-order valence-electron chi connectivity index (χ2n) is 7.85. The summed E-state index contributed by atoms with van der Waals surface area (Å²) in [6, 6.07) is 17.5. The normalized spacial score (nSPS) is 12.3. The number of oxime groups is 1. The van der Waals surface area contributed by atoms with Crippen molar-refractivity contribution in [3.63, 3.8) is 0 Å². The largest absolute Gasteiger partial charge is 0.416 e. The van der Waals surface area contributed by atoms with Crippen LogP contribution in [0.2, 0.25) is 0 Å². The number of fused-ring (bicyclic) bond motifs is 3. The summed E-state index contributed by atoms with van der Waals surface area (Å²) in [5.74, 6) is -0.901. The third kappa shape index (κ3) is 4.44. The first-order valence-electron chi connectivity index (χ1n) is 10.7. The predicted molar refractivity (Wildman–Crippen MR) is 124 cm³/mol. The molecule has 8 heteroatoms. The highest BCUT2D eigenvalue weighted by atomic mass is 19.4. The first-order valence-corrected chi connectivity index (χ1v) is 10.7. The van der Waals surface area contributed by atoms with Gasteiger partial charge >= 0.3 is 12.1 Å². The second-order valence-corrected chi connectivity index (χ2v) is 7.85. The molecule has 0 radical (unpaired) electrons. The summed E-state index contributed by atoms with van der Waals surface area (Å²) in [7, 11) is 0. The Hall–Kier alpha value is -3.94. The van der Waals surface area contributed by atoms with Crippen molar-refractivity contribution in [3.8, 4) is 5.69 Å². The molecule has 0 unspecified atom stereocenters. The minimum absolute atomic E-state index is 0.0373. The number of alkyl halides is 3. The van der Waals surface area contributed by atoms with Crippen molar-refractivity contribution in [1.29, 1.82) is 0 Å². The van der Waals surface area contributed by atoms with Gasteiger partial charge in [-0.05, 0) is 61.9 Å². The Morgan fingerprint density at radius 3 is 2.29 bits per heavy atom. The molecule has 0 amide bonds. The lowest BCUT2D eigenvalue weighted by molar-refractivity contribution is -0.143. The maximum atomic E-state index is 13.0. The quantitative estimate of drug-likeness (QED) is 0.137. The number of hydrogen-bond acceptors (Lipinski definition) is 4. The smallest absolute Gasteiger partial charge is 0.318 e. The number of benzene rings is 3. The topological polar surface area (TPSA) is 60.7 Å². The van der Waals surface area contributed by atoms with E-state index in [1.807, 2.05) is 35.8 Å². The molecule has 0 bridgehead atoms. The third-order valence-electron chi connectivity index (χ3n) is 5.45. The van der Waals surface area contributed by atoms with E-state index in [9.17, 15) is 22.8 Å². The molecular weight excluding hydrogens is 445 g/mol. The Labute approximate surface area is 193 Å². The number of carbonyl (C=O) groups is 2. The fourth-order valence-corrected chi connectivity index (χ4v) is 3.81. The lowest BCUT2D eigenvalue weighted by atomic mass is 10.0. The van der Waals surface area contributed by atoms with Crippen molar-refractivity contribution < 1.29 is 27.6 Å². The number of hydrogen-bond donors (Lipinski definition) is 0. The standard InChI is InChI=1S/C26H21F3N2O3/c1-3-6-24(32)34-30-16(2)25(33)17-9-14-23-21(15-17)20-7-4-5-8-22(20)31(23)19-12-10-18(11-13-19)26(27,28)29/h4-5,7-15H,3,6H2,1-2H3. The van der Waals surface area contributed by atoms with Crippen LogP contribution in [0.1, 0.15) is 42.6 Å². The average molecular weight is 466 g/mol. The summed E-state index contributed by atoms with van der Waals surface area (Å²) in [5, 5.41) is 5.27. The zero-order valence-corrected chi connectivity index (χ0v) is 18.5. The monoisotopic (exact) mass is 466 g/mol. The van der Waals surface area contributed by atoms with Gasteiger partial charge < -0.3 is 9.40 Å². The Bertz CT molecular complexity index is 1420. The van der Waals surface area contributed by atoms with Crippen molar-refractivity contribution in [2.45, 2.75) is 32.9 Å². The van der Waals surface area contributed by atoms with E-state index in [0.29, 0.717) is 17.7 Å². The van der Waals surface area contributed by atoms with Crippen LogP contribution in [0.3, 0.4) is 0 Å². The number of halogens is 3. The Morgan fingerprint density at radius 1 is 0.941 bits per heavy atom. The molecule has 0 N–H and O–H groups in total. The molecule has 0 atom stereocenters. The van der Waals surface area contributed by atoms with Gasteiger partial charge in [0.1, 0.15) is 5.71 Å². The Kier molecular flexibility index (Phi) is 6.24. The number of nitrogens with zero attached hydrogens (tertiary/aromatic N) is 2. The van der Waals surface area contributed by atoms with Crippen LogP contribution < -0.4 is 0 Å². The van der Waals surface area contributed by atoms with Crippen LogP contribution in [0.5, 0.6) is 0 Å². The van der Waals surface area contributed by atoms with E-state index in [0.717, 1.165) is 33.9 Å². The van der Waals surface area contributed by atoms with Crippen LogP contribution in [0.4, 0.5) is 13.2 Å². The number of carbonyl (C=O) groups excluding carboxylic acids is 2. The fraction of sp³-hybridized carbons (Fsp3) is 0.192. The van der Waals surface area contributed by atoms with Crippen molar-refractivity contribution in [2.24, 2.45) is 5.16 Å². The molecule has 1 heterocycles. The van der Waals surface area contributed by atoms with Gasteiger partial charge in [0.2, 0.25) is 5.78 Å². The van der Waals surface area contributed by atoms with Gasteiger partial charge in [-0.15, -0.1) is 0 Å². The first-order chi connectivity index (χ1) is 16.2. The molecule has 0 saturated carbocycles. The van der Waals surface area contributed by atoms with Gasteiger partial charge in [0.05, 0.1) is 16.6 Å². The minimum Gasteiger partial charge on any atom is -0.318 e. The van der Waals surface area contributed by atoms with Gasteiger partial charge in [0.15, 0.2) is 0 Å². The molecule has 5 nitrogen and oxygen atoms in total. The highest BCUT2D eigenvalue weighted by Gasteiger charge is 2.30. The van der Waals surface area contributed by atoms with Gasteiger partial charge in [0, 0.05) is 28.4 Å². The number of ketones is 1. The highest BCUT2D eigenvalue weighted by molar-refractivity contribution is 6.45. The molecule has 4 rings (SSSR count). The van der Waals surface area contributed by atoms with E-state index in [4.69, 9.17) is 4.84 Å². The van der Waals surface area contributed by atoms with E-state index in [-0.39, 0.29) is 12.1 Å². The zero-order chi connectivity index (χ0) is 24.5. The lowest BCUT2D eigenvalue weighted by Crippen LogP contribution is -2.12. The summed E-state index contributed by atoms with van der Waals surface area (Å²) in [6.07, 6.45) is -3.60. The SMILES string of the molecule is CCCC(=O)ON=C(C)C(=O)c1ccc2c(c1)c1ccccc1n2-c1ccc(C(F)(F)F)cc1. The molecule has 0 aliphatic heterocycles. The van der Waals surface area contributed by atoms with E-state index >= 15 is 0 Å². The number of aromatic nitrogens is 1. The predicted octanol–water partition coefficient (Wildman–Crippen LogP) is 6.70. The molecule has 0 saturated heterocycles. The number of para-hydroxylation sites is 1. The van der Waals surface area contributed by atoms with Gasteiger partial charge in [0.25, 0.3) is 0 Å². The van der Waals surface area contributed by atoms with Crippen LogP contribution in [0.15, 0.2) is 71.9 Å². The number of Topliss-reactive ketones (excluding diaryl/α,β-unsaturated/α-hetero) is 1. The summed E-state index contributed by atoms with van der Waals surface area (Å²) < 4.78 is 40.9. The first kappa shape index (κ1) is 23.2. The van der Waals surface area contributed by atoms with Gasteiger partial charge in [-0.1, -0.05) is 30.3 Å². The van der Waals surface area contributed by atoms with Crippen molar-refractivity contribution >= 4 is 39.3 Å². The van der Waals surface area contributed by atoms with Crippen molar-refractivity contribution in [1.82, 2.24) is 4.57 Å². The molecule has 174 valence electrons. The summed E-state index contributed by atoms with van der Waals surface area (Å²) >= 11 is 0. The highest BCUT2D eigenvalue weighted by Crippen LogP contribution is 2.34. The molecule has 4 aromatic rings. The van der Waals surface area contributed by atoms with Gasteiger partial charge in [-0.2, -0.15) is 13.2 Å². The molecular formula is C26H21F3N2O3. The van der Waals surface area contributed by atoms with E-state index in [1.165, 1.54) is 19.1 Å². The van der Waals surface area contributed by atoms with Crippen LogP contribution in [0, 0.1) is 0 Å². The maximum absolute atomic E-state index is 13.0. The minimum atomic E-state index is -4.42. The maximum Gasteiger partial charge on any atom is 0.416 e. The zero-order valence-electron chi connectivity index (χ0n) is 18.5. The molecule has 0 fully saturated rings. The third-order valence-corrected chi connectivity index (χ3v) is 5.45. The molecule has 1 aromatic heterocycles. The summed E-state index contributed by atoms with van der Waals surface area (Å²) in [4.78, 5) is 29.2. The molecule has 3 aromatic carbocycles. The molecule has 0 aliphatic carbocycles. The van der Waals surface area contributed by atoms with Crippen LogP contribution in [-0.4, -0.2) is 22.0 Å². The van der Waals surface area contributed by atoms with Crippen LogP contribution in [-0.2, 0) is 15.8 Å². The Balaban J connectivity index is 1.78. The van der Waals surface area contributed by atoms with E-state index < -0.39 is 23.5 Å². The number of rotatable bonds is 6.